The quantitative estimate of drug-likeness (QED) is 0.752. The average Bonchev–Trinajstić information content (AvgIpc) is 2.35. The molecule has 5 heteroatoms. The Morgan fingerprint density at radius 1 is 1.14 bits per heavy atom. The highest BCUT2D eigenvalue weighted by molar-refractivity contribution is 5.81. The number of aromatic hydroxyl groups is 2. The molecule has 2 unspecified atom stereocenters. The van der Waals surface area contributed by atoms with Crippen LogP contribution in [0.15, 0.2) is 18.2 Å². The van der Waals surface area contributed by atoms with Gasteiger partial charge < -0.3 is 15.1 Å². The number of amides is 1. The lowest BCUT2D eigenvalue weighted by Gasteiger charge is -2.26. The number of phenols is 2. The first-order valence-electron chi connectivity index (χ1n) is 7.20. The zero-order valence-corrected chi connectivity index (χ0v) is 13.4. The summed E-state index contributed by atoms with van der Waals surface area (Å²) in [6.45, 7) is 6.05. The highest BCUT2D eigenvalue weighted by Gasteiger charge is 2.23. The lowest BCUT2D eigenvalue weighted by molar-refractivity contribution is -0.131. The van der Waals surface area contributed by atoms with Crippen LogP contribution in [-0.4, -0.2) is 41.2 Å². The van der Waals surface area contributed by atoms with Crippen molar-refractivity contribution in [3.05, 3.63) is 23.8 Å². The van der Waals surface area contributed by atoms with Crippen LogP contribution in [0.2, 0.25) is 0 Å². The predicted molar refractivity (Wildman–Crippen MR) is 83.3 cm³/mol. The molecule has 1 aromatic carbocycles. The van der Waals surface area contributed by atoms with Crippen molar-refractivity contribution in [1.82, 2.24) is 10.2 Å². The van der Waals surface area contributed by atoms with Crippen LogP contribution in [0.5, 0.6) is 11.5 Å². The molecule has 1 aromatic rings. The van der Waals surface area contributed by atoms with E-state index in [0.29, 0.717) is 5.92 Å². The van der Waals surface area contributed by atoms with Crippen molar-refractivity contribution in [1.29, 1.82) is 0 Å². The highest BCUT2D eigenvalue weighted by Crippen LogP contribution is 2.25. The van der Waals surface area contributed by atoms with Crippen LogP contribution in [0.3, 0.4) is 0 Å². The van der Waals surface area contributed by atoms with Crippen LogP contribution in [0.4, 0.5) is 0 Å². The minimum absolute atomic E-state index is 0.0120. The van der Waals surface area contributed by atoms with Crippen LogP contribution in [0.1, 0.15) is 38.8 Å². The first-order chi connectivity index (χ1) is 9.70. The van der Waals surface area contributed by atoms with Gasteiger partial charge in [-0.15, -0.1) is 0 Å². The second-order valence-electron chi connectivity index (χ2n) is 6.09. The van der Waals surface area contributed by atoms with E-state index in [4.69, 9.17) is 0 Å². The van der Waals surface area contributed by atoms with E-state index < -0.39 is 0 Å². The van der Waals surface area contributed by atoms with Gasteiger partial charge in [-0.05, 0) is 37.0 Å². The van der Waals surface area contributed by atoms with Crippen LogP contribution < -0.4 is 5.32 Å². The third-order valence-electron chi connectivity index (χ3n) is 3.32. The van der Waals surface area contributed by atoms with Gasteiger partial charge in [0.15, 0.2) is 0 Å². The molecule has 0 aromatic heterocycles. The summed E-state index contributed by atoms with van der Waals surface area (Å²) in [5.41, 5.74) is 0.743. The van der Waals surface area contributed by atoms with Gasteiger partial charge in [0.1, 0.15) is 11.5 Å². The molecule has 2 atom stereocenters. The number of hydrogen-bond acceptors (Lipinski definition) is 4. The van der Waals surface area contributed by atoms with E-state index in [1.54, 1.807) is 31.1 Å². The van der Waals surface area contributed by atoms with Crippen molar-refractivity contribution in [3.8, 4) is 11.5 Å². The number of carbonyl (C=O) groups excluding carboxylic acids is 1. The molecule has 0 radical (unpaired) electrons. The summed E-state index contributed by atoms with van der Waals surface area (Å²) in [5, 5.41) is 22.4. The minimum atomic E-state index is -0.292. The molecule has 0 saturated carbocycles. The Balaban J connectivity index is 2.88. The van der Waals surface area contributed by atoms with E-state index in [2.05, 4.69) is 19.2 Å². The van der Waals surface area contributed by atoms with Crippen molar-refractivity contribution in [2.24, 2.45) is 5.92 Å². The van der Waals surface area contributed by atoms with Crippen molar-refractivity contribution in [2.75, 3.05) is 14.1 Å². The Bertz CT molecular complexity index is 466. The molecule has 1 amide bonds. The predicted octanol–water partition coefficient (Wildman–Crippen LogP) is 2.25. The standard InChI is InChI=1S/C16H26N2O3/c1-10(2)6-15(16(21)18(4)5)17-11(3)12-7-13(19)9-14(20)8-12/h7-11,15,17,19-20H,6H2,1-5H3. The molecule has 3 N–H and O–H groups in total. The number of hydrogen-bond donors (Lipinski definition) is 3. The van der Waals surface area contributed by atoms with Gasteiger partial charge in [-0.25, -0.2) is 0 Å². The maximum absolute atomic E-state index is 12.2. The van der Waals surface area contributed by atoms with Gasteiger partial charge in [-0.3, -0.25) is 10.1 Å². The molecule has 0 saturated heterocycles. The molecule has 0 aliphatic carbocycles. The van der Waals surface area contributed by atoms with Gasteiger partial charge in [-0.2, -0.15) is 0 Å². The van der Waals surface area contributed by atoms with Crippen LogP contribution in [0.25, 0.3) is 0 Å². The minimum Gasteiger partial charge on any atom is -0.508 e. The summed E-state index contributed by atoms with van der Waals surface area (Å²) in [6.07, 6.45) is 0.728. The van der Waals surface area contributed by atoms with E-state index >= 15 is 0 Å². The summed E-state index contributed by atoms with van der Waals surface area (Å²) in [6, 6.07) is 4.01. The summed E-state index contributed by atoms with van der Waals surface area (Å²) in [4.78, 5) is 13.8. The smallest absolute Gasteiger partial charge is 0.239 e. The summed E-state index contributed by atoms with van der Waals surface area (Å²) < 4.78 is 0. The number of benzene rings is 1. The first-order valence-corrected chi connectivity index (χ1v) is 7.20. The van der Waals surface area contributed by atoms with Gasteiger partial charge in [0.25, 0.3) is 0 Å². The average molecular weight is 294 g/mol. The van der Waals surface area contributed by atoms with Crippen LogP contribution in [0, 0.1) is 5.92 Å². The van der Waals surface area contributed by atoms with Gasteiger partial charge in [0, 0.05) is 26.2 Å². The SMILES string of the molecule is CC(C)CC(NC(C)c1cc(O)cc(O)c1)C(=O)N(C)C. The Kier molecular flexibility index (Phi) is 6.03. The molecule has 118 valence electrons. The molecule has 0 fully saturated rings. The van der Waals surface area contributed by atoms with E-state index in [9.17, 15) is 15.0 Å². The lowest BCUT2D eigenvalue weighted by atomic mass is 10.00. The Morgan fingerprint density at radius 3 is 2.10 bits per heavy atom. The fraction of sp³-hybridized carbons (Fsp3) is 0.562. The summed E-state index contributed by atoms with van der Waals surface area (Å²) in [7, 11) is 3.48. The van der Waals surface area contributed by atoms with Gasteiger partial charge in [0.05, 0.1) is 6.04 Å². The Morgan fingerprint density at radius 2 is 1.67 bits per heavy atom. The maximum atomic E-state index is 12.2. The maximum Gasteiger partial charge on any atom is 0.239 e. The number of likely N-dealkylation sites (N-methyl/N-ethyl adjacent to an activating group) is 1. The molecule has 0 heterocycles. The fourth-order valence-corrected chi connectivity index (χ4v) is 2.29. The number of phenolic OH excluding ortho intramolecular Hbond substituents is 2. The first kappa shape index (κ1) is 17.3. The molecule has 5 nitrogen and oxygen atoms in total. The summed E-state index contributed by atoms with van der Waals surface area (Å²) in [5.74, 6) is 0.437. The van der Waals surface area contributed by atoms with E-state index in [1.807, 2.05) is 6.92 Å². The number of nitrogens with one attached hydrogen (secondary N) is 1. The number of nitrogens with zero attached hydrogens (tertiary/aromatic N) is 1. The van der Waals surface area contributed by atoms with E-state index in [0.717, 1.165) is 12.0 Å². The van der Waals surface area contributed by atoms with E-state index in [1.165, 1.54) is 6.07 Å². The largest absolute Gasteiger partial charge is 0.508 e. The Hall–Kier alpha value is -1.75. The molecular weight excluding hydrogens is 268 g/mol. The van der Waals surface area contributed by atoms with Crippen LogP contribution >= 0.6 is 0 Å². The zero-order valence-electron chi connectivity index (χ0n) is 13.4. The van der Waals surface area contributed by atoms with E-state index in [-0.39, 0.29) is 29.5 Å². The van der Waals surface area contributed by atoms with Gasteiger partial charge in [-0.1, -0.05) is 13.8 Å². The van der Waals surface area contributed by atoms with Crippen molar-refractivity contribution < 1.29 is 15.0 Å². The molecule has 0 bridgehead atoms. The molecule has 0 aliphatic heterocycles. The normalized spacial score (nSPS) is 14.0. The second kappa shape index (κ2) is 7.31. The lowest BCUT2D eigenvalue weighted by Crippen LogP contribution is -2.45. The van der Waals surface area contributed by atoms with Crippen molar-refractivity contribution in [3.63, 3.8) is 0 Å². The zero-order chi connectivity index (χ0) is 16.2. The monoisotopic (exact) mass is 294 g/mol. The topological polar surface area (TPSA) is 72.8 Å². The molecule has 0 aliphatic rings. The molecule has 21 heavy (non-hydrogen) atoms. The molecular formula is C16H26N2O3. The van der Waals surface area contributed by atoms with Crippen LogP contribution in [-0.2, 0) is 4.79 Å². The number of carbonyl (C=O) groups is 1. The highest BCUT2D eigenvalue weighted by atomic mass is 16.3. The molecule has 1 rings (SSSR count). The summed E-state index contributed by atoms with van der Waals surface area (Å²) >= 11 is 0. The number of rotatable bonds is 6. The molecule has 0 spiro atoms. The van der Waals surface area contributed by atoms with Gasteiger partial charge in [0.2, 0.25) is 5.91 Å². The second-order valence-corrected chi connectivity index (χ2v) is 6.09. The fourth-order valence-electron chi connectivity index (χ4n) is 2.29. The van der Waals surface area contributed by atoms with Crippen molar-refractivity contribution >= 4 is 5.91 Å². The Labute approximate surface area is 126 Å². The third-order valence-corrected chi connectivity index (χ3v) is 3.32. The van der Waals surface area contributed by atoms with Gasteiger partial charge >= 0.3 is 0 Å². The third kappa shape index (κ3) is 5.27. The van der Waals surface area contributed by atoms with Crippen molar-refractivity contribution in [2.45, 2.75) is 39.3 Å².